The van der Waals surface area contributed by atoms with Gasteiger partial charge in [-0.05, 0) is 50.9 Å². The van der Waals surface area contributed by atoms with Gasteiger partial charge in [0.1, 0.15) is 11.6 Å². The molecule has 0 radical (unpaired) electrons. The highest BCUT2D eigenvalue weighted by atomic mass is 19.1. The highest BCUT2D eigenvalue weighted by Crippen LogP contribution is 2.26. The fraction of sp³-hybridized carbons (Fsp3) is 0.333. The number of halogens is 2. The number of aryl methyl sites for hydroxylation is 3. The summed E-state index contributed by atoms with van der Waals surface area (Å²) in [5.41, 5.74) is 3.00. The van der Waals surface area contributed by atoms with Crippen LogP contribution in [0.15, 0.2) is 36.4 Å². The van der Waals surface area contributed by atoms with Crippen LogP contribution in [0, 0.1) is 25.5 Å². The van der Waals surface area contributed by atoms with Crippen molar-refractivity contribution < 1.29 is 8.78 Å². The van der Waals surface area contributed by atoms with Crippen LogP contribution in [0.2, 0.25) is 0 Å². The molecule has 0 aromatic heterocycles. The molecule has 3 heteroatoms. The van der Waals surface area contributed by atoms with E-state index >= 15 is 0 Å². The Morgan fingerprint density at radius 3 is 2.52 bits per heavy atom. The van der Waals surface area contributed by atoms with E-state index in [0.717, 1.165) is 6.42 Å². The Hall–Kier alpha value is -1.74. The van der Waals surface area contributed by atoms with Crippen LogP contribution in [0.25, 0.3) is 0 Å². The van der Waals surface area contributed by atoms with Gasteiger partial charge in [0.15, 0.2) is 0 Å². The molecular weight excluding hydrogens is 268 g/mol. The van der Waals surface area contributed by atoms with Crippen LogP contribution in [0.1, 0.15) is 34.7 Å². The lowest BCUT2D eigenvalue weighted by molar-refractivity contribution is 0.469. The van der Waals surface area contributed by atoms with Gasteiger partial charge >= 0.3 is 0 Å². The third kappa shape index (κ3) is 3.67. The molecule has 21 heavy (non-hydrogen) atoms. The van der Waals surface area contributed by atoms with E-state index in [1.54, 1.807) is 14.0 Å². The second kappa shape index (κ2) is 6.81. The molecule has 0 aliphatic rings. The highest BCUT2D eigenvalue weighted by molar-refractivity contribution is 5.30. The van der Waals surface area contributed by atoms with Gasteiger partial charge in [-0.1, -0.05) is 35.9 Å². The molecule has 0 fully saturated rings. The van der Waals surface area contributed by atoms with Crippen molar-refractivity contribution in [2.24, 2.45) is 0 Å². The van der Waals surface area contributed by atoms with Crippen molar-refractivity contribution in [3.8, 4) is 0 Å². The van der Waals surface area contributed by atoms with Crippen molar-refractivity contribution in [3.63, 3.8) is 0 Å². The minimum Gasteiger partial charge on any atom is -0.313 e. The lowest BCUT2D eigenvalue weighted by Crippen LogP contribution is -2.20. The summed E-state index contributed by atoms with van der Waals surface area (Å²) >= 11 is 0. The molecule has 0 aliphatic heterocycles. The Morgan fingerprint density at radius 1 is 1.10 bits per heavy atom. The Bertz CT molecular complexity index is 623. The van der Waals surface area contributed by atoms with Crippen molar-refractivity contribution in [2.75, 3.05) is 7.05 Å². The molecule has 2 aromatic carbocycles. The van der Waals surface area contributed by atoms with Gasteiger partial charge < -0.3 is 5.32 Å². The van der Waals surface area contributed by atoms with E-state index < -0.39 is 11.6 Å². The monoisotopic (exact) mass is 289 g/mol. The van der Waals surface area contributed by atoms with Crippen LogP contribution < -0.4 is 5.32 Å². The Morgan fingerprint density at radius 2 is 1.86 bits per heavy atom. The third-order valence-corrected chi connectivity index (χ3v) is 3.82. The number of hydrogen-bond donors (Lipinski definition) is 1. The zero-order valence-corrected chi connectivity index (χ0v) is 12.7. The molecular formula is C18H21F2N. The first kappa shape index (κ1) is 15.6. The van der Waals surface area contributed by atoms with Crippen molar-refractivity contribution in [2.45, 2.75) is 32.7 Å². The predicted octanol–water partition coefficient (Wildman–Crippen LogP) is 4.47. The SMILES string of the molecule is CNC(CCc1cccc(C)c1)c1c(F)ccc(C)c1F. The molecule has 2 aromatic rings. The molecule has 0 saturated heterocycles. The van der Waals surface area contributed by atoms with Crippen LogP contribution >= 0.6 is 0 Å². The van der Waals surface area contributed by atoms with E-state index in [4.69, 9.17) is 0 Å². The van der Waals surface area contributed by atoms with Crippen LogP contribution in [0.3, 0.4) is 0 Å². The predicted molar refractivity (Wildman–Crippen MR) is 82.4 cm³/mol. The second-order valence-electron chi connectivity index (χ2n) is 5.46. The average Bonchev–Trinajstić information content (AvgIpc) is 2.46. The maximum Gasteiger partial charge on any atom is 0.133 e. The van der Waals surface area contributed by atoms with E-state index in [-0.39, 0.29) is 11.6 Å². The molecule has 2 rings (SSSR count). The van der Waals surface area contributed by atoms with Gasteiger partial charge in [-0.25, -0.2) is 8.78 Å². The molecule has 0 saturated carbocycles. The molecule has 1 nitrogen and oxygen atoms in total. The van der Waals surface area contributed by atoms with E-state index in [2.05, 4.69) is 11.4 Å². The van der Waals surface area contributed by atoms with E-state index in [0.29, 0.717) is 12.0 Å². The van der Waals surface area contributed by atoms with Crippen LogP contribution in [0.5, 0.6) is 0 Å². The number of nitrogens with one attached hydrogen (secondary N) is 1. The summed E-state index contributed by atoms with van der Waals surface area (Å²) in [6.07, 6.45) is 1.43. The summed E-state index contributed by atoms with van der Waals surface area (Å²) in [4.78, 5) is 0. The third-order valence-electron chi connectivity index (χ3n) is 3.82. The Balaban J connectivity index is 2.19. The minimum atomic E-state index is -0.485. The quantitative estimate of drug-likeness (QED) is 0.856. The van der Waals surface area contributed by atoms with Gasteiger partial charge in [0.2, 0.25) is 0 Å². The van der Waals surface area contributed by atoms with Gasteiger partial charge in [-0.15, -0.1) is 0 Å². The summed E-state index contributed by atoms with van der Waals surface area (Å²) in [7, 11) is 1.74. The van der Waals surface area contributed by atoms with Gasteiger partial charge in [0.25, 0.3) is 0 Å². The zero-order chi connectivity index (χ0) is 15.4. The molecule has 1 N–H and O–H groups in total. The summed E-state index contributed by atoms with van der Waals surface area (Å²) in [5.74, 6) is -0.930. The van der Waals surface area contributed by atoms with Crippen LogP contribution in [0.4, 0.5) is 8.78 Å². The minimum absolute atomic E-state index is 0.144. The maximum absolute atomic E-state index is 14.2. The lowest BCUT2D eigenvalue weighted by Gasteiger charge is -2.19. The van der Waals surface area contributed by atoms with Gasteiger partial charge in [-0.2, -0.15) is 0 Å². The fourth-order valence-corrected chi connectivity index (χ4v) is 2.61. The Kier molecular flexibility index (Phi) is 5.07. The zero-order valence-electron chi connectivity index (χ0n) is 12.7. The first-order valence-electron chi connectivity index (χ1n) is 7.20. The Labute approximate surface area is 125 Å². The highest BCUT2D eigenvalue weighted by Gasteiger charge is 2.20. The van der Waals surface area contributed by atoms with E-state index in [1.165, 1.54) is 23.3 Å². The molecule has 0 amide bonds. The number of hydrogen-bond acceptors (Lipinski definition) is 1. The van der Waals surface area contributed by atoms with Crippen molar-refractivity contribution in [3.05, 3.63) is 70.3 Å². The molecule has 0 heterocycles. The summed E-state index contributed by atoms with van der Waals surface area (Å²) in [5, 5.41) is 3.03. The smallest absolute Gasteiger partial charge is 0.133 e. The van der Waals surface area contributed by atoms with Gasteiger partial charge in [0.05, 0.1) is 0 Å². The first-order valence-corrected chi connectivity index (χ1v) is 7.20. The first-order chi connectivity index (χ1) is 10.0. The standard InChI is InChI=1S/C18H21F2N/c1-12-5-4-6-14(11-12)8-10-16(21-3)17-15(19)9-7-13(2)18(17)20/h4-7,9,11,16,21H,8,10H2,1-3H3. The molecule has 0 bridgehead atoms. The van der Waals surface area contributed by atoms with Gasteiger partial charge in [0, 0.05) is 11.6 Å². The van der Waals surface area contributed by atoms with Crippen LogP contribution in [-0.4, -0.2) is 7.05 Å². The van der Waals surface area contributed by atoms with Gasteiger partial charge in [-0.3, -0.25) is 0 Å². The lowest BCUT2D eigenvalue weighted by atomic mass is 9.96. The fourth-order valence-electron chi connectivity index (χ4n) is 2.61. The molecule has 0 spiro atoms. The molecule has 1 unspecified atom stereocenters. The topological polar surface area (TPSA) is 12.0 Å². The largest absolute Gasteiger partial charge is 0.313 e. The van der Waals surface area contributed by atoms with E-state index in [1.807, 2.05) is 25.1 Å². The van der Waals surface area contributed by atoms with Crippen molar-refractivity contribution in [1.29, 1.82) is 0 Å². The van der Waals surface area contributed by atoms with E-state index in [9.17, 15) is 8.78 Å². The number of benzene rings is 2. The van der Waals surface area contributed by atoms with Crippen molar-refractivity contribution >= 4 is 0 Å². The molecule has 0 aliphatic carbocycles. The average molecular weight is 289 g/mol. The summed E-state index contributed by atoms with van der Waals surface area (Å²) in [6.45, 7) is 3.70. The van der Waals surface area contributed by atoms with Crippen LogP contribution in [-0.2, 0) is 6.42 Å². The second-order valence-corrected chi connectivity index (χ2v) is 5.46. The van der Waals surface area contributed by atoms with Crippen molar-refractivity contribution in [1.82, 2.24) is 5.32 Å². The summed E-state index contributed by atoms with van der Waals surface area (Å²) < 4.78 is 28.2. The molecule has 1 atom stereocenters. The normalized spacial score (nSPS) is 12.4. The maximum atomic E-state index is 14.2. The summed E-state index contributed by atoms with van der Waals surface area (Å²) in [6, 6.07) is 10.7. The molecule has 112 valence electrons. The number of rotatable bonds is 5.